The molecule has 1 aliphatic carbocycles. The summed E-state index contributed by atoms with van der Waals surface area (Å²) in [5.41, 5.74) is 0. The Hall–Kier alpha value is -1.06. The van der Waals surface area contributed by atoms with Gasteiger partial charge in [0.1, 0.15) is 0 Å². The third kappa shape index (κ3) is 3.22. The smallest absolute Gasteiger partial charge is 0.309 e. The molecular formula is C11H17O4-. The fourth-order valence-corrected chi connectivity index (χ4v) is 2.01. The molecule has 1 saturated carbocycles. The Morgan fingerprint density at radius 1 is 1.20 bits per heavy atom. The molecule has 0 N–H and O–H groups in total. The average molecular weight is 213 g/mol. The van der Waals surface area contributed by atoms with Gasteiger partial charge in [0.05, 0.1) is 12.0 Å². The van der Waals surface area contributed by atoms with Crippen LogP contribution in [0.5, 0.6) is 0 Å². The van der Waals surface area contributed by atoms with Gasteiger partial charge in [0.15, 0.2) is 0 Å². The molecule has 0 unspecified atom stereocenters. The minimum atomic E-state index is -1.12. The SMILES string of the molecule is CC(C)OC(=O)[C@H]1CCCC[C@H]1C(=O)[O-]. The molecule has 4 heteroatoms. The minimum Gasteiger partial charge on any atom is -0.550 e. The number of esters is 1. The third-order valence-electron chi connectivity index (χ3n) is 2.72. The summed E-state index contributed by atoms with van der Waals surface area (Å²) in [7, 11) is 0. The number of carbonyl (C=O) groups is 2. The molecule has 0 radical (unpaired) electrons. The summed E-state index contributed by atoms with van der Waals surface area (Å²) in [5, 5.41) is 10.8. The van der Waals surface area contributed by atoms with E-state index in [0.29, 0.717) is 12.8 Å². The predicted octanol–water partition coefficient (Wildman–Crippen LogP) is 0.494. The summed E-state index contributed by atoms with van der Waals surface area (Å²) >= 11 is 0. The van der Waals surface area contributed by atoms with Crippen molar-refractivity contribution in [1.29, 1.82) is 0 Å². The molecule has 0 amide bonds. The molecule has 0 aliphatic heterocycles. The van der Waals surface area contributed by atoms with Gasteiger partial charge in [0.2, 0.25) is 0 Å². The van der Waals surface area contributed by atoms with Crippen molar-refractivity contribution in [3.05, 3.63) is 0 Å². The molecule has 0 aromatic heterocycles. The molecule has 1 aliphatic rings. The van der Waals surface area contributed by atoms with E-state index in [1.165, 1.54) is 0 Å². The van der Waals surface area contributed by atoms with Crippen LogP contribution in [0.2, 0.25) is 0 Å². The van der Waals surface area contributed by atoms with Gasteiger partial charge in [-0.1, -0.05) is 12.8 Å². The zero-order valence-electron chi connectivity index (χ0n) is 9.19. The van der Waals surface area contributed by atoms with Gasteiger partial charge in [-0.25, -0.2) is 0 Å². The molecule has 0 aromatic rings. The Morgan fingerprint density at radius 2 is 1.73 bits per heavy atom. The summed E-state index contributed by atoms with van der Waals surface area (Å²) in [4.78, 5) is 22.4. The van der Waals surface area contributed by atoms with Gasteiger partial charge >= 0.3 is 5.97 Å². The average Bonchev–Trinajstić information content (AvgIpc) is 2.16. The van der Waals surface area contributed by atoms with Crippen molar-refractivity contribution in [3.63, 3.8) is 0 Å². The van der Waals surface area contributed by atoms with Crippen molar-refractivity contribution in [1.82, 2.24) is 0 Å². The number of hydrogen-bond donors (Lipinski definition) is 0. The van der Waals surface area contributed by atoms with Gasteiger partial charge in [-0.3, -0.25) is 4.79 Å². The van der Waals surface area contributed by atoms with Crippen LogP contribution in [0.15, 0.2) is 0 Å². The lowest BCUT2D eigenvalue weighted by atomic mass is 9.79. The first-order valence-corrected chi connectivity index (χ1v) is 5.43. The first-order valence-electron chi connectivity index (χ1n) is 5.43. The van der Waals surface area contributed by atoms with Gasteiger partial charge in [-0.15, -0.1) is 0 Å². The minimum absolute atomic E-state index is 0.193. The molecule has 15 heavy (non-hydrogen) atoms. The van der Waals surface area contributed by atoms with Crippen LogP contribution in [0.1, 0.15) is 39.5 Å². The number of rotatable bonds is 3. The number of carbonyl (C=O) groups excluding carboxylic acids is 2. The van der Waals surface area contributed by atoms with E-state index in [2.05, 4.69) is 0 Å². The van der Waals surface area contributed by atoms with Gasteiger partial charge in [0.25, 0.3) is 0 Å². The van der Waals surface area contributed by atoms with Crippen LogP contribution in [-0.4, -0.2) is 18.0 Å². The molecule has 0 heterocycles. The number of aliphatic carboxylic acids is 1. The van der Waals surface area contributed by atoms with Crippen molar-refractivity contribution in [3.8, 4) is 0 Å². The number of carboxylic acids is 1. The van der Waals surface area contributed by atoms with Crippen molar-refractivity contribution >= 4 is 11.9 Å². The van der Waals surface area contributed by atoms with Gasteiger partial charge < -0.3 is 14.6 Å². The highest BCUT2D eigenvalue weighted by Crippen LogP contribution is 2.30. The van der Waals surface area contributed by atoms with E-state index in [0.717, 1.165) is 12.8 Å². The topological polar surface area (TPSA) is 66.4 Å². The quantitative estimate of drug-likeness (QED) is 0.640. The van der Waals surface area contributed by atoms with Gasteiger partial charge in [-0.05, 0) is 26.7 Å². The maximum atomic E-state index is 11.6. The maximum Gasteiger partial charge on any atom is 0.309 e. The second-order valence-electron chi connectivity index (χ2n) is 4.30. The first kappa shape index (κ1) is 12.0. The van der Waals surface area contributed by atoms with Crippen molar-refractivity contribution in [2.45, 2.75) is 45.6 Å². The Labute approximate surface area is 89.6 Å². The number of hydrogen-bond acceptors (Lipinski definition) is 4. The van der Waals surface area contributed by atoms with Crippen LogP contribution in [0.3, 0.4) is 0 Å². The standard InChI is InChI=1S/C11H18O4/c1-7(2)15-11(14)9-6-4-3-5-8(9)10(12)13/h7-9H,3-6H2,1-2H3,(H,12,13)/p-1/t8-,9+/m1/s1. The predicted molar refractivity (Wildman–Crippen MR) is 51.7 cm³/mol. The normalized spacial score (nSPS) is 26.3. The summed E-state index contributed by atoms with van der Waals surface area (Å²) in [5.74, 6) is -2.68. The van der Waals surface area contributed by atoms with Gasteiger partial charge in [-0.2, -0.15) is 0 Å². The highest BCUT2D eigenvalue weighted by atomic mass is 16.5. The van der Waals surface area contributed by atoms with Gasteiger partial charge in [0, 0.05) is 11.9 Å². The van der Waals surface area contributed by atoms with Crippen LogP contribution >= 0.6 is 0 Å². The van der Waals surface area contributed by atoms with Crippen molar-refractivity contribution in [2.75, 3.05) is 0 Å². The first-order chi connectivity index (χ1) is 7.02. The zero-order chi connectivity index (χ0) is 11.4. The van der Waals surface area contributed by atoms with Crippen molar-refractivity contribution in [2.24, 2.45) is 11.8 Å². The second-order valence-corrected chi connectivity index (χ2v) is 4.30. The van der Waals surface area contributed by atoms with Crippen LogP contribution < -0.4 is 5.11 Å². The van der Waals surface area contributed by atoms with E-state index in [4.69, 9.17) is 4.74 Å². The molecular weight excluding hydrogens is 196 g/mol. The lowest BCUT2D eigenvalue weighted by Crippen LogP contribution is -2.41. The fourth-order valence-electron chi connectivity index (χ4n) is 2.01. The second kappa shape index (κ2) is 5.14. The Morgan fingerprint density at radius 3 is 2.20 bits per heavy atom. The monoisotopic (exact) mass is 213 g/mol. The van der Waals surface area contributed by atoms with E-state index in [-0.39, 0.29) is 12.1 Å². The van der Waals surface area contributed by atoms with Crippen LogP contribution in [0.4, 0.5) is 0 Å². The van der Waals surface area contributed by atoms with E-state index < -0.39 is 17.8 Å². The Bertz CT molecular complexity index is 247. The van der Waals surface area contributed by atoms with E-state index >= 15 is 0 Å². The summed E-state index contributed by atoms with van der Waals surface area (Å²) < 4.78 is 5.04. The Kier molecular flexibility index (Phi) is 4.12. The van der Waals surface area contributed by atoms with E-state index in [1.54, 1.807) is 13.8 Å². The molecule has 0 saturated heterocycles. The maximum absolute atomic E-state index is 11.6. The molecule has 86 valence electrons. The largest absolute Gasteiger partial charge is 0.550 e. The summed E-state index contributed by atoms with van der Waals surface area (Å²) in [6, 6.07) is 0. The molecule has 4 nitrogen and oxygen atoms in total. The summed E-state index contributed by atoms with van der Waals surface area (Å²) in [6.45, 7) is 3.52. The highest BCUT2D eigenvalue weighted by Gasteiger charge is 2.33. The van der Waals surface area contributed by atoms with E-state index in [9.17, 15) is 14.7 Å². The summed E-state index contributed by atoms with van der Waals surface area (Å²) in [6.07, 6.45) is 2.68. The van der Waals surface area contributed by atoms with Crippen LogP contribution in [0.25, 0.3) is 0 Å². The number of ether oxygens (including phenoxy) is 1. The third-order valence-corrected chi connectivity index (χ3v) is 2.72. The molecule has 0 spiro atoms. The molecule has 2 atom stereocenters. The lowest BCUT2D eigenvalue weighted by molar-refractivity contribution is -0.314. The van der Waals surface area contributed by atoms with E-state index in [1.807, 2.05) is 0 Å². The van der Waals surface area contributed by atoms with Crippen LogP contribution in [-0.2, 0) is 14.3 Å². The zero-order valence-corrected chi connectivity index (χ0v) is 9.19. The lowest BCUT2D eigenvalue weighted by Gasteiger charge is -2.30. The van der Waals surface area contributed by atoms with Crippen molar-refractivity contribution < 1.29 is 19.4 Å². The fraction of sp³-hybridized carbons (Fsp3) is 0.818. The molecule has 0 bridgehead atoms. The molecule has 1 rings (SSSR count). The molecule has 1 fully saturated rings. The Balaban J connectivity index is 2.63. The molecule has 0 aromatic carbocycles. The number of carboxylic acid groups (broad SMARTS) is 1. The van der Waals surface area contributed by atoms with Crippen LogP contribution in [0, 0.1) is 11.8 Å². The highest BCUT2D eigenvalue weighted by molar-refractivity contribution is 5.80.